The van der Waals surface area contributed by atoms with Crippen molar-refractivity contribution in [1.82, 2.24) is 14.8 Å². The lowest BCUT2D eigenvalue weighted by Crippen LogP contribution is -2.16. The van der Waals surface area contributed by atoms with E-state index in [1.807, 2.05) is 31.2 Å². The Labute approximate surface area is 202 Å². The molecular weight excluding hydrogens is 485 g/mol. The molecule has 1 amide bonds. The van der Waals surface area contributed by atoms with Gasteiger partial charge in [-0.05, 0) is 61.7 Å². The molecule has 0 atom stereocenters. The number of alkyl halides is 3. The molecule has 0 aliphatic heterocycles. The lowest BCUT2D eigenvalue weighted by Gasteiger charge is -2.08. The molecule has 2 aromatic carbocycles. The highest BCUT2D eigenvalue weighted by Gasteiger charge is 2.42. The zero-order chi connectivity index (χ0) is 24.0. The van der Waals surface area contributed by atoms with E-state index >= 15 is 0 Å². The number of rotatable bonds is 6. The molecule has 2 heterocycles. The van der Waals surface area contributed by atoms with Gasteiger partial charge in [0.25, 0.3) is 0 Å². The van der Waals surface area contributed by atoms with Crippen LogP contribution in [0.4, 0.5) is 18.9 Å². The van der Waals surface area contributed by atoms with E-state index < -0.39 is 11.9 Å². The largest absolute Gasteiger partial charge is 0.436 e. The number of benzene rings is 2. The summed E-state index contributed by atoms with van der Waals surface area (Å²) < 4.78 is 42.0. The number of carbonyl (C=O) groups is 1. The van der Waals surface area contributed by atoms with E-state index in [1.165, 1.54) is 10.2 Å². The van der Waals surface area contributed by atoms with Gasteiger partial charge in [0.05, 0.1) is 27.5 Å². The summed E-state index contributed by atoms with van der Waals surface area (Å²) in [4.78, 5) is 17.1. The highest BCUT2D eigenvalue weighted by Crippen LogP contribution is 2.47. The van der Waals surface area contributed by atoms with Crippen molar-refractivity contribution in [3.63, 3.8) is 0 Å². The summed E-state index contributed by atoms with van der Waals surface area (Å²) in [5.74, 6) is -0.344. The van der Waals surface area contributed by atoms with E-state index in [1.54, 1.807) is 23.5 Å². The van der Waals surface area contributed by atoms with Crippen LogP contribution in [0, 0.1) is 6.92 Å². The number of anilines is 1. The number of aromatic nitrogens is 3. The number of hydrogen-bond acceptors (Lipinski definition) is 4. The lowest BCUT2D eigenvalue weighted by atomic mass is 10.2. The van der Waals surface area contributed by atoms with Gasteiger partial charge in [0, 0.05) is 23.6 Å². The first-order chi connectivity index (χ1) is 16.2. The Morgan fingerprint density at radius 3 is 2.62 bits per heavy atom. The minimum Gasteiger partial charge on any atom is -0.326 e. The van der Waals surface area contributed by atoms with Crippen molar-refractivity contribution in [1.29, 1.82) is 0 Å². The first-order valence-electron chi connectivity index (χ1n) is 10.8. The Morgan fingerprint density at radius 2 is 1.94 bits per heavy atom. The van der Waals surface area contributed by atoms with Crippen LogP contribution in [0.25, 0.3) is 20.8 Å². The molecule has 0 bridgehead atoms. The average Bonchev–Trinajstić information content (AvgIpc) is 3.43. The van der Waals surface area contributed by atoms with Crippen LogP contribution >= 0.6 is 22.9 Å². The molecule has 0 unspecified atom stereocenters. The number of fused-ring (bicyclic) bond motifs is 1. The zero-order valence-electron chi connectivity index (χ0n) is 18.1. The first kappa shape index (κ1) is 22.9. The highest BCUT2D eigenvalue weighted by atomic mass is 35.5. The minimum absolute atomic E-state index is 0.0198. The van der Waals surface area contributed by atoms with Gasteiger partial charge in [-0.25, -0.2) is 4.98 Å². The summed E-state index contributed by atoms with van der Waals surface area (Å²) >= 11 is 7.59. The van der Waals surface area contributed by atoms with Crippen molar-refractivity contribution in [2.75, 3.05) is 5.32 Å². The van der Waals surface area contributed by atoms with E-state index in [-0.39, 0.29) is 29.8 Å². The predicted molar refractivity (Wildman–Crippen MR) is 127 cm³/mol. The van der Waals surface area contributed by atoms with Crippen molar-refractivity contribution >= 4 is 44.7 Å². The maximum Gasteiger partial charge on any atom is 0.436 e. The van der Waals surface area contributed by atoms with Crippen LogP contribution < -0.4 is 5.32 Å². The average molecular weight is 505 g/mol. The van der Waals surface area contributed by atoms with Crippen molar-refractivity contribution in [2.45, 2.75) is 44.8 Å². The number of amides is 1. The number of halogens is 4. The van der Waals surface area contributed by atoms with Crippen LogP contribution in [0.15, 0.2) is 42.5 Å². The van der Waals surface area contributed by atoms with Gasteiger partial charge in [0.1, 0.15) is 5.01 Å². The fraction of sp³-hybridized carbons (Fsp3) is 0.292. The molecule has 1 aliphatic carbocycles. The molecule has 0 radical (unpaired) electrons. The van der Waals surface area contributed by atoms with Crippen molar-refractivity contribution in [3.8, 4) is 10.6 Å². The SMILES string of the molecule is Cc1ccc2nc(-c3ccc(NC(=O)CCn4nc(C(F)(F)F)c(Cl)c4C4CC4)cc3)sc2c1. The summed E-state index contributed by atoms with van der Waals surface area (Å²) in [5.41, 5.74) is 2.95. The fourth-order valence-electron chi connectivity index (χ4n) is 3.83. The topological polar surface area (TPSA) is 59.8 Å². The van der Waals surface area contributed by atoms with Gasteiger partial charge in [-0.2, -0.15) is 18.3 Å². The van der Waals surface area contributed by atoms with Crippen LogP contribution in [0.3, 0.4) is 0 Å². The van der Waals surface area contributed by atoms with E-state index in [9.17, 15) is 18.0 Å². The van der Waals surface area contributed by atoms with Gasteiger partial charge >= 0.3 is 6.18 Å². The van der Waals surface area contributed by atoms with Gasteiger partial charge < -0.3 is 5.32 Å². The summed E-state index contributed by atoms with van der Waals surface area (Å²) in [6, 6.07) is 13.5. The number of hydrogen-bond donors (Lipinski definition) is 1. The Balaban J connectivity index is 1.25. The third-order valence-corrected chi connectivity index (χ3v) is 7.11. The van der Waals surface area contributed by atoms with Crippen molar-refractivity contribution < 1.29 is 18.0 Å². The van der Waals surface area contributed by atoms with E-state index in [0.717, 1.165) is 33.6 Å². The van der Waals surface area contributed by atoms with Crippen LogP contribution in [-0.2, 0) is 17.5 Å². The van der Waals surface area contributed by atoms with Crippen molar-refractivity contribution in [3.05, 3.63) is 64.4 Å². The molecule has 5 nitrogen and oxygen atoms in total. The van der Waals surface area contributed by atoms with E-state index in [2.05, 4.69) is 21.5 Å². The maximum absolute atomic E-state index is 13.2. The second-order valence-electron chi connectivity index (χ2n) is 8.41. The number of nitrogens with one attached hydrogen (secondary N) is 1. The van der Waals surface area contributed by atoms with Gasteiger partial charge in [-0.3, -0.25) is 9.48 Å². The molecule has 4 aromatic rings. The smallest absolute Gasteiger partial charge is 0.326 e. The number of thiazole rings is 1. The molecule has 5 rings (SSSR count). The molecule has 176 valence electrons. The number of nitrogens with zero attached hydrogens (tertiary/aromatic N) is 3. The normalized spacial score (nSPS) is 14.0. The second kappa shape index (κ2) is 8.70. The molecule has 10 heteroatoms. The summed E-state index contributed by atoms with van der Waals surface area (Å²) in [7, 11) is 0. The number of carbonyl (C=O) groups excluding carboxylic acids is 1. The third kappa shape index (κ3) is 4.67. The Morgan fingerprint density at radius 1 is 1.21 bits per heavy atom. The molecule has 34 heavy (non-hydrogen) atoms. The maximum atomic E-state index is 13.2. The van der Waals surface area contributed by atoms with Gasteiger partial charge in [0.15, 0.2) is 5.69 Å². The minimum atomic E-state index is -4.63. The molecule has 0 spiro atoms. The monoisotopic (exact) mass is 504 g/mol. The fourth-order valence-corrected chi connectivity index (χ4v) is 5.30. The first-order valence-corrected chi connectivity index (χ1v) is 12.0. The molecule has 1 saturated carbocycles. The van der Waals surface area contributed by atoms with Crippen molar-refractivity contribution in [2.24, 2.45) is 0 Å². The lowest BCUT2D eigenvalue weighted by molar-refractivity contribution is -0.141. The van der Waals surface area contributed by atoms with E-state index in [4.69, 9.17) is 11.6 Å². The van der Waals surface area contributed by atoms with Crippen LogP contribution in [0.2, 0.25) is 5.02 Å². The van der Waals surface area contributed by atoms with Crippen LogP contribution in [0.1, 0.15) is 42.1 Å². The quantitative estimate of drug-likeness (QED) is 0.306. The molecule has 1 aliphatic rings. The Kier molecular flexibility index (Phi) is 5.85. The third-order valence-electron chi connectivity index (χ3n) is 5.67. The molecule has 1 fully saturated rings. The predicted octanol–water partition coefficient (Wildman–Crippen LogP) is 7.05. The summed E-state index contributed by atoms with van der Waals surface area (Å²) in [5, 5.41) is 6.99. The van der Waals surface area contributed by atoms with Gasteiger partial charge in [0.2, 0.25) is 5.91 Å². The standard InChI is InChI=1S/C24H20ClF3N4OS/c1-13-2-9-17-18(12-13)34-23(30-17)15-5-7-16(8-6-15)29-19(33)10-11-32-21(14-3-4-14)20(25)22(31-32)24(26,27)28/h2,5-9,12,14H,3-4,10-11H2,1H3,(H,29,33). The molecule has 2 aromatic heterocycles. The zero-order valence-corrected chi connectivity index (χ0v) is 19.7. The van der Waals surface area contributed by atoms with Gasteiger partial charge in [-0.15, -0.1) is 11.3 Å². The highest BCUT2D eigenvalue weighted by molar-refractivity contribution is 7.21. The van der Waals surface area contributed by atoms with Gasteiger partial charge in [-0.1, -0.05) is 17.7 Å². The summed E-state index contributed by atoms with van der Waals surface area (Å²) in [6.45, 7) is 2.07. The van der Waals surface area contributed by atoms with E-state index in [0.29, 0.717) is 11.4 Å². The molecule has 1 N–H and O–H groups in total. The number of aryl methyl sites for hydroxylation is 2. The second-order valence-corrected chi connectivity index (χ2v) is 9.82. The Bertz CT molecular complexity index is 1370. The van der Waals surface area contributed by atoms with Crippen LogP contribution in [-0.4, -0.2) is 20.7 Å². The molecular formula is C24H20ClF3N4OS. The summed E-state index contributed by atoms with van der Waals surface area (Å²) in [6.07, 6.45) is -3.10. The van der Waals surface area contributed by atoms with Crippen LogP contribution in [0.5, 0.6) is 0 Å². The molecule has 0 saturated heterocycles. The Hall–Kier alpha value is -2.91.